The Morgan fingerprint density at radius 1 is 1.56 bits per heavy atom. The summed E-state index contributed by atoms with van der Waals surface area (Å²) in [6, 6.07) is 1.99. The molecule has 0 radical (unpaired) electrons. The first-order valence-corrected chi connectivity index (χ1v) is 5.80. The van der Waals surface area contributed by atoms with Gasteiger partial charge >= 0.3 is 0 Å². The highest BCUT2D eigenvalue weighted by Crippen LogP contribution is 2.19. The van der Waals surface area contributed by atoms with Gasteiger partial charge in [-0.3, -0.25) is 10.1 Å². The molecule has 0 saturated carbocycles. The molecule has 0 aliphatic carbocycles. The van der Waals surface area contributed by atoms with Gasteiger partial charge in [0.15, 0.2) is 5.82 Å². The highest BCUT2D eigenvalue weighted by molar-refractivity contribution is 6.32. The van der Waals surface area contributed by atoms with Crippen LogP contribution in [-0.2, 0) is 6.54 Å². The van der Waals surface area contributed by atoms with Crippen molar-refractivity contribution in [3.63, 3.8) is 0 Å². The third kappa shape index (κ3) is 3.08. The van der Waals surface area contributed by atoms with Gasteiger partial charge in [0.25, 0.3) is 0 Å². The summed E-state index contributed by atoms with van der Waals surface area (Å²) in [5.41, 5.74) is 2.37. The Labute approximate surface area is 109 Å². The molecule has 2 aromatic heterocycles. The number of rotatable bonds is 5. The molecule has 8 heteroatoms. The van der Waals surface area contributed by atoms with Crippen LogP contribution >= 0.6 is 11.6 Å². The van der Waals surface area contributed by atoms with Crippen molar-refractivity contribution >= 4 is 23.4 Å². The zero-order chi connectivity index (χ0) is 13.0. The molecule has 4 N–H and O–H groups in total. The average molecular weight is 268 g/mol. The summed E-state index contributed by atoms with van der Waals surface area (Å²) >= 11 is 6.00. The molecule has 7 nitrogen and oxygen atoms in total. The molecule has 18 heavy (non-hydrogen) atoms. The van der Waals surface area contributed by atoms with Gasteiger partial charge in [-0.1, -0.05) is 11.6 Å². The molecule has 0 fully saturated rings. The Balaban J connectivity index is 2.04. The maximum Gasteiger partial charge on any atom is 0.239 e. The van der Waals surface area contributed by atoms with E-state index in [0.717, 1.165) is 0 Å². The Hall–Kier alpha value is -1.86. The second kappa shape index (κ2) is 5.65. The summed E-state index contributed by atoms with van der Waals surface area (Å²) < 4.78 is 1.83. The molecule has 1 atom stereocenters. The number of hydrazine groups is 1. The lowest BCUT2D eigenvalue weighted by molar-refractivity contribution is 0.559. The molecule has 0 aromatic carbocycles. The quantitative estimate of drug-likeness (QED) is 0.555. The fourth-order valence-corrected chi connectivity index (χ4v) is 1.65. The lowest BCUT2D eigenvalue weighted by Gasteiger charge is -2.15. The van der Waals surface area contributed by atoms with E-state index in [4.69, 9.17) is 17.4 Å². The molecule has 0 aliphatic heterocycles. The van der Waals surface area contributed by atoms with Crippen molar-refractivity contribution < 1.29 is 0 Å². The van der Waals surface area contributed by atoms with Crippen LogP contribution in [0, 0.1) is 0 Å². The maximum absolute atomic E-state index is 6.00. The van der Waals surface area contributed by atoms with E-state index < -0.39 is 0 Å². The molecule has 0 amide bonds. The number of nitrogen functional groups attached to an aromatic ring is 1. The third-order valence-corrected chi connectivity index (χ3v) is 2.55. The molecular weight excluding hydrogens is 254 g/mol. The van der Waals surface area contributed by atoms with Gasteiger partial charge < -0.3 is 5.32 Å². The molecular formula is C10H14ClN7. The minimum absolute atomic E-state index is 0.114. The van der Waals surface area contributed by atoms with E-state index in [1.807, 2.05) is 23.9 Å². The standard InChI is InChI=1S/C10H14ClN7/c1-7(6-18-4-2-3-14-18)15-9-8(11)5-13-10(16-9)17-12/h2-5,7H,6,12H2,1H3,(H2,13,15,16,17). The molecule has 1 unspecified atom stereocenters. The number of aromatic nitrogens is 4. The Morgan fingerprint density at radius 3 is 3.06 bits per heavy atom. The lowest BCUT2D eigenvalue weighted by atomic mass is 10.3. The van der Waals surface area contributed by atoms with Gasteiger partial charge in [0.1, 0.15) is 5.02 Å². The number of hydrogen-bond donors (Lipinski definition) is 3. The molecule has 2 heterocycles. The third-order valence-electron chi connectivity index (χ3n) is 2.28. The van der Waals surface area contributed by atoms with E-state index in [1.165, 1.54) is 6.20 Å². The van der Waals surface area contributed by atoms with E-state index in [9.17, 15) is 0 Å². The van der Waals surface area contributed by atoms with Crippen molar-refractivity contribution in [2.75, 3.05) is 10.7 Å². The summed E-state index contributed by atoms with van der Waals surface area (Å²) in [6.45, 7) is 2.72. The van der Waals surface area contributed by atoms with E-state index >= 15 is 0 Å². The molecule has 0 saturated heterocycles. The Bertz CT molecular complexity index is 499. The van der Waals surface area contributed by atoms with Crippen LogP contribution in [0.5, 0.6) is 0 Å². The molecule has 0 bridgehead atoms. The fourth-order valence-electron chi connectivity index (χ4n) is 1.51. The minimum Gasteiger partial charge on any atom is -0.364 e. The van der Waals surface area contributed by atoms with Crippen LogP contribution in [0.2, 0.25) is 5.02 Å². The summed E-state index contributed by atoms with van der Waals surface area (Å²) in [6.07, 6.45) is 5.13. The highest BCUT2D eigenvalue weighted by atomic mass is 35.5. The molecule has 0 aliphatic rings. The normalized spacial score (nSPS) is 12.2. The lowest BCUT2D eigenvalue weighted by Crippen LogP contribution is -2.23. The zero-order valence-electron chi connectivity index (χ0n) is 9.84. The van der Waals surface area contributed by atoms with Crippen molar-refractivity contribution in [3.05, 3.63) is 29.7 Å². The van der Waals surface area contributed by atoms with Crippen LogP contribution < -0.4 is 16.6 Å². The second-order valence-corrected chi connectivity index (χ2v) is 4.22. The Kier molecular flexibility index (Phi) is 3.96. The topological polar surface area (TPSA) is 93.7 Å². The van der Waals surface area contributed by atoms with E-state index in [2.05, 4.69) is 25.8 Å². The van der Waals surface area contributed by atoms with Gasteiger partial charge in [0.05, 0.1) is 12.7 Å². The number of hydrogen-bond acceptors (Lipinski definition) is 6. The molecule has 2 rings (SSSR count). The number of nitrogens with one attached hydrogen (secondary N) is 2. The van der Waals surface area contributed by atoms with Gasteiger partial charge in [-0.2, -0.15) is 10.1 Å². The predicted octanol–water partition coefficient (Wildman–Crippen LogP) is 1.11. The van der Waals surface area contributed by atoms with Crippen molar-refractivity contribution in [2.24, 2.45) is 5.84 Å². The second-order valence-electron chi connectivity index (χ2n) is 3.81. The number of nitrogens with two attached hydrogens (primary N) is 1. The first-order chi connectivity index (χ1) is 8.69. The van der Waals surface area contributed by atoms with E-state index in [0.29, 0.717) is 23.3 Å². The summed E-state index contributed by atoms with van der Waals surface area (Å²) in [7, 11) is 0. The summed E-state index contributed by atoms with van der Waals surface area (Å²) in [5.74, 6) is 6.10. The first-order valence-electron chi connectivity index (χ1n) is 5.42. The number of nitrogens with zero attached hydrogens (tertiary/aromatic N) is 4. The number of anilines is 2. The molecule has 2 aromatic rings. The van der Waals surface area contributed by atoms with E-state index in [-0.39, 0.29) is 6.04 Å². The highest BCUT2D eigenvalue weighted by Gasteiger charge is 2.09. The monoisotopic (exact) mass is 267 g/mol. The van der Waals surface area contributed by atoms with Crippen LogP contribution in [0.15, 0.2) is 24.7 Å². The first kappa shape index (κ1) is 12.6. The summed E-state index contributed by atoms with van der Waals surface area (Å²) in [5, 5.41) is 7.76. The zero-order valence-corrected chi connectivity index (χ0v) is 10.6. The van der Waals surface area contributed by atoms with Crippen LogP contribution in [0.1, 0.15) is 6.92 Å². The summed E-state index contributed by atoms with van der Waals surface area (Å²) in [4.78, 5) is 8.04. The smallest absolute Gasteiger partial charge is 0.239 e. The van der Waals surface area contributed by atoms with E-state index in [1.54, 1.807) is 6.20 Å². The van der Waals surface area contributed by atoms with Crippen molar-refractivity contribution in [3.8, 4) is 0 Å². The van der Waals surface area contributed by atoms with Crippen LogP contribution in [0.25, 0.3) is 0 Å². The van der Waals surface area contributed by atoms with Crippen LogP contribution in [0.3, 0.4) is 0 Å². The van der Waals surface area contributed by atoms with Gasteiger partial charge in [0.2, 0.25) is 5.95 Å². The van der Waals surface area contributed by atoms with Crippen molar-refractivity contribution in [1.82, 2.24) is 19.7 Å². The van der Waals surface area contributed by atoms with Gasteiger partial charge in [-0.05, 0) is 13.0 Å². The van der Waals surface area contributed by atoms with Crippen molar-refractivity contribution in [1.29, 1.82) is 0 Å². The van der Waals surface area contributed by atoms with Crippen molar-refractivity contribution in [2.45, 2.75) is 19.5 Å². The molecule has 96 valence electrons. The van der Waals surface area contributed by atoms with Gasteiger partial charge in [-0.25, -0.2) is 10.8 Å². The largest absolute Gasteiger partial charge is 0.364 e. The SMILES string of the molecule is CC(Cn1cccn1)Nc1nc(NN)ncc1Cl. The van der Waals surface area contributed by atoms with Crippen LogP contribution in [-0.4, -0.2) is 25.8 Å². The van der Waals surface area contributed by atoms with Crippen LogP contribution in [0.4, 0.5) is 11.8 Å². The Morgan fingerprint density at radius 2 is 2.39 bits per heavy atom. The fraction of sp³-hybridized carbons (Fsp3) is 0.300. The van der Waals surface area contributed by atoms with Gasteiger partial charge in [0, 0.05) is 18.4 Å². The maximum atomic E-state index is 6.00. The van der Waals surface area contributed by atoms with Gasteiger partial charge in [-0.15, -0.1) is 0 Å². The average Bonchev–Trinajstić information content (AvgIpc) is 2.84. The predicted molar refractivity (Wildman–Crippen MR) is 70.2 cm³/mol. The molecule has 0 spiro atoms. The minimum atomic E-state index is 0.114. The number of halogens is 1.